The van der Waals surface area contributed by atoms with Gasteiger partial charge in [-0.15, -0.1) is 0 Å². The number of rotatable bonds is 1. The summed E-state index contributed by atoms with van der Waals surface area (Å²) < 4.78 is 37.4. The number of nitrogens with two attached hydrogens (primary N) is 1. The van der Waals surface area contributed by atoms with E-state index in [2.05, 4.69) is 4.98 Å². The van der Waals surface area contributed by atoms with Gasteiger partial charge in [-0.05, 0) is 12.1 Å². The lowest BCUT2D eigenvalue weighted by Crippen LogP contribution is -2.10. The summed E-state index contributed by atoms with van der Waals surface area (Å²) in [5.74, 6) is -0.501. The molecule has 17 heavy (non-hydrogen) atoms. The monoisotopic (exact) mass is 238 g/mol. The lowest BCUT2D eigenvalue weighted by molar-refractivity contribution is -0.137. The van der Waals surface area contributed by atoms with Gasteiger partial charge >= 0.3 is 6.18 Å². The molecular formula is C12H9F3N2. The molecule has 0 saturated carbocycles. The summed E-state index contributed by atoms with van der Waals surface area (Å²) in [6, 6.07) is 11.2. The molecule has 0 bridgehead atoms. The van der Waals surface area contributed by atoms with Crippen molar-refractivity contribution >= 4 is 5.82 Å². The van der Waals surface area contributed by atoms with E-state index in [0.717, 1.165) is 11.6 Å². The third kappa shape index (κ3) is 2.38. The highest BCUT2D eigenvalue weighted by molar-refractivity contribution is 5.62. The Morgan fingerprint density at radius 3 is 2.12 bits per heavy atom. The van der Waals surface area contributed by atoms with Gasteiger partial charge in [-0.3, -0.25) is 0 Å². The molecule has 88 valence electrons. The number of anilines is 1. The van der Waals surface area contributed by atoms with E-state index in [0.29, 0.717) is 5.69 Å². The Labute approximate surface area is 95.9 Å². The molecule has 2 nitrogen and oxygen atoms in total. The van der Waals surface area contributed by atoms with Crippen LogP contribution in [0, 0.1) is 0 Å². The Hall–Kier alpha value is -2.04. The number of alkyl halides is 3. The molecule has 2 rings (SSSR count). The molecule has 0 aliphatic rings. The third-order valence-electron chi connectivity index (χ3n) is 2.30. The van der Waals surface area contributed by atoms with Crippen molar-refractivity contribution < 1.29 is 13.2 Å². The number of pyridine rings is 1. The average molecular weight is 238 g/mol. The predicted molar refractivity (Wildman–Crippen MR) is 59.1 cm³/mol. The maximum absolute atomic E-state index is 12.5. The summed E-state index contributed by atoms with van der Waals surface area (Å²) in [7, 11) is 0. The van der Waals surface area contributed by atoms with Gasteiger partial charge in [-0.25, -0.2) is 4.98 Å². The molecule has 0 fully saturated rings. The smallest absolute Gasteiger partial charge is 0.383 e. The summed E-state index contributed by atoms with van der Waals surface area (Å²) in [6.45, 7) is 0. The van der Waals surface area contributed by atoms with Crippen LogP contribution in [0.1, 0.15) is 5.56 Å². The number of halogens is 3. The van der Waals surface area contributed by atoms with E-state index < -0.39 is 17.6 Å². The van der Waals surface area contributed by atoms with E-state index in [1.807, 2.05) is 6.07 Å². The zero-order chi connectivity index (χ0) is 12.5. The van der Waals surface area contributed by atoms with Crippen molar-refractivity contribution in [2.24, 2.45) is 0 Å². The number of aromatic nitrogens is 1. The minimum atomic E-state index is -4.47. The molecule has 0 saturated heterocycles. The zero-order valence-electron chi connectivity index (χ0n) is 8.70. The minimum absolute atomic E-state index is 0.427. The van der Waals surface area contributed by atoms with Crippen LogP contribution < -0.4 is 5.73 Å². The fourth-order valence-electron chi connectivity index (χ4n) is 1.48. The first kappa shape index (κ1) is 11.4. The standard InChI is InChI=1S/C12H9F3N2/c13-12(14,15)9-6-7-10(17-11(9)16)8-4-2-1-3-5-8/h1-7H,(H2,16,17). The highest BCUT2D eigenvalue weighted by Crippen LogP contribution is 2.33. The van der Waals surface area contributed by atoms with Crippen molar-refractivity contribution in [3.05, 3.63) is 48.0 Å². The summed E-state index contributed by atoms with van der Waals surface area (Å²) >= 11 is 0. The molecule has 0 aliphatic heterocycles. The van der Waals surface area contributed by atoms with Gasteiger partial charge in [0.05, 0.1) is 11.3 Å². The molecule has 0 spiro atoms. The number of nitrogens with zero attached hydrogens (tertiary/aromatic N) is 1. The first-order chi connectivity index (χ1) is 7.98. The number of hydrogen-bond donors (Lipinski definition) is 1. The lowest BCUT2D eigenvalue weighted by Gasteiger charge is -2.10. The van der Waals surface area contributed by atoms with Crippen LogP contribution in [-0.4, -0.2) is 4.98 Å². The Morgan fingerprint density at radius 1 is 0.941 bits per heavy atom. The molecule has 1 aromatic heterocycles. The van der Waals surface area contributed by atoms with Crippen LogP contribution in [0.5, 0.6) is 0 Å². The molecule has 1 aromatic carbocycles. The normalized spacial score (nSPS) is 11.5. The van der Waals surface area contributed by atoms with Gasteiger partial charge in [0.2, 0.25) is 0 Å². The van der Waals surface area contributed by atoms with Crippen molar-refractivity contribution in [3.63, 3.8) is 0 Å². The van der Waals surface area contributed by atoms with Gasteiger partial charge in [0.15, 0.2) is 0 Å². The first-order valence-electron chi connectivity index (χ1n) is 4.87. The van der Waals surface area contributed by atoms with Gasteiger partial charge in [0, 0.05) is 5.56 Å². The van der Waals surface area contributed by atoms with Crippen LogP contribution in [0.25, 0.3) is 11.3 Å². The zero-order valence-corrected chi connectivity index (χ0v) is 8.70. The maximum Gasteiger partial charge on any atom is 0.419 e. The van der Waals surface area contributed by atoms with E-state index >= 15 is 0 Å². The lowest BCUT2D eigenvalue weighted by atomic mass is 10.1. The molecule has 0 unspecified atom stereocenters. The topological polar surface area (TPSA) is 38.9 Å². The van der Waals surface area contributed by atoms with E-state index in [1.165, 1.54) is 6.07 Å². The van der Waals surface area contributed by atoms with Crippen molar-refractivity contribution in [2.45, 2.75) is 6.18 Å². The van der Waals surface area contributed by atoms with Crippen molar-refractivity contribution in [1.82, 2.24) is 4.98 Å². The molecule has 0 radical (unpaired) electrons. The van der Waals surface area contributed by atoms with E-state index in [9.17, 15) is 13.2 Å². The number of hydrogen-bond acceptors (Lipinski definition) is 2. The Kier molecular flexibility index (Phi) is 2.75. The third-order valence-corrected chi connectivity index (χ3v) is 2.30. The second kappa shape index (κ2) is 4.08. The summed E-state index contributed by atoms with van der Waals surface area (Å²) in [5, 5.41) is 0. The molecule has 0 amide bonds. The molecular weight excluding hydrogens is 229 g/mol. The molecule has 2 N–H and O–H groups in total. The highest BCUT2D eigenvalue weighted by atomic mass is 19.4. The van der Waals surface area contributed by atoms with Gasteiger partial charge in [0.25, 0.3) is 0 Å². The van der Waals surface area contributed by atoms with E-state index in [1.54, 1.807) is 24.3 Å². The molecule has 1 heterocycles. The highest BCUT2D eigenvalue weighted by Gasteiger charge is 2.33. The van der Waals surface area contributed by atoms with E-state index in [4.69, 9.17) is 5.73 Å². The Balaban J connectivity index is 2.45. The van der Waals surface area contributed by atoms with Crippen LogP contribution in [-0.2, 0) is 6.18 Å². The predicted octanol–water partition coefficient (Wildman–Crippen LogP) is 3.35. The van der Waals surface area contributed by atoms with Crippen LogP contribution in [0.2, 0.25) is 0 Å². The van der Waals surface area contributed by atoms with Crippen LogP contribution in [0.4, 0.5) is 19.0 Å². The van der Waals surface area contributed by atoms with Crippen LogP contribution >= 0.6 is 0 Å². The Morgan fingerprint density at radius 2 is 1.59 bits per heavy atom. The van der Waals surface area contributed by atoms with Crippen molar-refractivity contribution in [1.29, 1.82) is 0 Å². The summed E-state index contributed by atoms with van der Waals surface area (Å²) in [4.78, 5) is 3.77. The number of nitrogen functional groups attached to an aromatic ring is 1. The second-order valence-electron chi connectivity index (χ2n) is 3.49. The largest absolute Gasteiger partial charge is 0.419 e. The maximum atomic E-state index is 12.5. The van der Waals surface area contributed by atoms with Gasteiger partial charge in [-0.1, -0.05) is 30.3 Å². The second-order valence-corrected chi connectivity index (χ2v) is 3.49. The van der Waals surface area contributed by atoms with E-state index in [-0.39, 0.29) is 0 Å². The molecule has 0 atom stereocenters. The van der Waals surface area contributed by atoms with Crippen molar-refractivity contribution in [3.8, 4) is 11.3 Å². The van der Waals surface area contributed by atoms with Gasteiger partial charge < -0.3 is 5.73 Å². The van der Waals surface area contributed by atoms with Gasteiger partial charge in [0.1, 0.15) is 5.82 Å². The molecule has 0 aliphatic carbocycles. The fraction of sp³-hybridized carbons (Fsp3) is 0.0833. The fourth-order valence-corrected chi connectivity index (χ4v) is 1.48. The summed E-state index contributed by atoms with van der Waals surface area (Å²) in [5.41, 5.74) is 5.56. The van der Waals surface area contributed by atoms with Gasteiger partial charge in [-0.2, -0.15) is 13.2 Å². The average Bonchev–Trinajstić information content (AvgIpc) is 2.28. The quantitative estimate of drug-likeness (QED) is 0.827. The Bertz CT molecular complexity index is 521. The SMILES string of the molecule is Nc1nc(-c2ccccc2)ccc1C(F)(F)F. The molecule has 2 aromatic rings. The first-order valence-corrected chi connectivity index (χ1v) is 4.87. The summed E-state index contributed by atoms with van der Waals surface area (Å²) in [6.07, 6.45) is -4.47. The van der Waals surface area contributed by atoms with Crippen LogP contribution in [0.15, 0.2) is 42.5 Å². The number of benzene rings is 1. The minimum Gasteiger partial charge on any atom is -0.383 e. The van der Waals surface area contributed by atoms with Crippen molar-refractivity contribution in [2.75, 3.05) is 5.73 Å². The van der Waals surface area contributed by atoms with Crippen LogP contribution in [0.3, 0.4) is 0 Å². The molecule has 5 heteroatoms.